The van der Waals surface area contributed by atoms with Crippen LogP contribution in [0.3, 0.4) is 0 Å². The molecule has 0 bridgehead atoms. The Bertz CT molecular complexity index is 570. The number of rotatable bonds is 3. The topological polar surface area (TPSA) is 35.8 Å². The van der Waals surface area contributed by atoms with Crippen LogP contribution in [-0.2, 0) is 0 Å². The number of nitrogens with one attached hydrogen (secondary N) is 1. The van der Waals surface area contributed by atoms with Gasteiger partial charge in [-0.25, -0.2) is 0 Å². The number of halogens is 1. The second-order valence-electron chi connectivity index (χ2n) is 4.13. The van der Waals surface area contributed by atoms with Gasteiger partial charge in [0.25, 0.3) is 0 Å². The van der Waals surface area contributed by atoms with Crippen molar-refractivity contribution in [3.63, 3.8) is 0 Å². The molecule has 0 radical (unpaired) electrons. The average Bonchev–Trinajstić information content (AvgIpc) is 2.38. The second-order valence-corrected chi connectivity index (χ2v) is 4.56. The summed E-state index contributed by atoms with van der Waals surface area (Å²) in [4.78, 5) is 0. The van der Waals surface area contributed by atoms with Gasteiger partial charge in [-0.3, -0.25) is 0 Å². The number of hydrogen-bond donors (Lipinski definition) is 1. The quantitative estimate of drug-likeness (QED) is 0.887. The van der Waals surface area contributed by atoms with Crippen LogP contribution in [0.25, 0.3) is 0 Å². The molecule has 0 fully saturated rings. The smallest absolute Gasteiger partial charge is 0.140 e. The molecule has 0 heterocycles. The summed E-state index contributed by atoms with van der Waals surface area (Å²) in [6.45, 7) is 2.01. The maximum absolute atomic E-state index is 9.25. The van der Waals surface area contributed by atoms with Crippen molar-refractivity contribution in [3.05, 3.63) is 64.7 Å². The van der Waals surface area contributed by atoms with Gasteiger partial charge in [-0.15, -0.1) is 0 Å². The Morgan fingerprint density at radius 1 is 1.17 bits per heavy atom. The number of nitrogens with zero attached hydrogens (tertiary/aromatic N) is 1. The first kappa shape index (κ1) is 12.5. The molecule has 0 saturated carbocycles. The number of aryl methyl sites for hydroxylation is 1. The minimum atomic E-state index is -0.355. The first-order chi connectivity index (χ1) is 8.69. The molecule has 1 atom stereocenters. The van der Waals surface area contributed by atoms with Crippen molar-refractivity contribution in [1.29, 1.82) is 5.26 Å². The Hall–Kier alpha value is -1.98. The number of benzene rings is 2. The van der Waals surface area contributed by atoms with E-state index < -0.39 is 0 Å². The largest absolute Gasteiger partial charge is 0.366 e. The molecular formula is C15H13ClN2. The van der Waals surface area contributed by atoms with Gasteiger partial charge in [-0.2, -0.15) is 5.26 Å². The Balaban J connectivity index is 2.20. The van der Waals surface area contributed by atoms with Gasteiger partial charge in [0, 0.05) is 10.7 Å². The van der Waals surface area contributed by atoms with Crippen LogP contribution in [0.15, 0.2) is 48.5 Å². The van der Waals surface area contributed by atoms with E-state index in [1.54, 1.807) is 12.1 Å². The van der Waals surface area contributed by atoms with Gasteiger partial charge in [0.05, 0.1) is 6.07 Å². The van der Waals surface area contributed by atoms with E-state index in [4.69, 9.17) is 11.6 Å². The Labute approximate surface area is 112 Å². The minimum absolute atomic E-state index is 0.355. The highest BCUT2D eigenvalue weighted by Crippen LogP contribution is 2.21. The number of anilines is 1. The van der Waals surface area contributed by atoms with Crippen molar-refractivity contribution >= 4 is 17.3 Å². The lowest BCUT2D eigenvalue weighted by atomic mass is 10.1. The summed E-state index contributed by atoms with van der Waals surface area (Å²) in [5.74, 6) is 0. The normalized spacial score (nSPS) is 11.6. The fourth-order valence-corrected chi connectivity index (χ4v) is 1.88. The van der Waals surface area contributed by atoms with Crippen LogP contribution in [0.2, 0.25) is 5.02 Å². The fourth-order valence-electron chi connectivity index (χ4n) is 1.75. The predicted molar refractivity (Wildman–Crippen MR) is 74.6 cm³/mol. The molecule has 0 aromatic heterocycles. The summed E-state index contributed by atoms with van der Waals surface area (Å²) in [5, 5.41) is 13.1. The highest BCUT2D eigenvalue weighted by atomic mass is 35.5. The Morgan fingerprint density at radius 2 is 1.89 bits per heavy atom. The van der Waals surface area contributed by atoms with Crippen LogP contribution < -0.4 is 5.32 Å². The molecule has 2 nitrogen and oxygen atoms in total. The zero-order valence-electron chi connectivity index (χ0n) is 10.0. The third-order valence-electron chi connectivity index (χ3n) is 2.66. The van der Waals surface area contributed by atoms with Gasteiger partial charge >= 0.3 is 0 Å². The number of hydrogen-bond acceptors (Lipinski definition) is 2. The van der Waals surface area contributed by atoms with E-state index >= 15 is 0 Å². The zero-order chi connectivity index (χ0) is 13.0. The SMILES string of the molecule is Cc1cccc(C(C#N)Nc2ccc(Cl)cc2)c1. The molecule has 0 spiro atoms. The molecule has 90 valence electrons. The van der Waals surface area contributed by atoms with Gasteiger partial charge in [-0.1, -0.05) is 41.4 Å². The highest BCUT2D eigenvalue weighted by Gasteiger charge is 2.09. The Kier molecular flexibility index (Phi) is 3.86. The van der Waals surface area contributed by atoms with Crippen molar-refractivity contribution in [2.24, 2.45) is 0 Å². The maximum atomic E-state index is 9.25. The molecule has 3 heteroatoms. The second kappa shape index (κ2) is 5.57. The van der Waals surface area contributed by atoms with Gasteiger partial charge in [0.1, 0.15) is 6.04 Å². The predicted octanol–water partition coefficient (Wildman–Crippen LogP) is 4.33. The number of nitriles is 1. The third-order valence-corrected chi connectivity index (χ3v) is 2.91. The molecule has 2 rings (SSSR count). The molecule has 0 aliphatic rings. The lowest BCUT2D eigenvalue weighted by Gasteiger charge is -2.13. The van der Waals surface area contributed by atoms with Gasteiger partial charge in [0.2, 0.25) is 0 Å². The lowest BCUT2D eigenvalue weighted by Crippen LogP contribution is -2.08. The molecule has 2 aromatic rings. The van der Waals surface area contributed by atoms with Crippen LogP contribution in [-0.4, -0.2) is 0 Å². The molecule has 0 aliphatic heterocycles. The van der Waals surface area contributed by atoms with E-state index in [1.807, 2.05) is 43.3 Å². The molecule has 18 heavy (non-hydrogen) atoms. The summed E-state index contributed by atoms with van der Waals surface area (Å²) in [6, 6.07) is 17.2. The van der Waals surface area contributed by atoms with Gasteiger partial charge in [-0.05, 0) is 36.8 Å². The molecule has 1 N–H and O–H groups in total. The van der Waals surface area contributed by atoms with Gasteiger partial charge < -0.3 is 5.32 Å². The van der Waals surface area contributed by atoms with E-state index in [0.717, 1.165) is 16.8 Å². The minimum Gasteiger partial charge on any atom is -0.366 e. The maximum Gasteiger partial charge on any atom is 0.140 e. The molecule has 0 amide bonds. The summed E-state index contributed by atoms with van der Waals surface area (Å²) >= 11 is 5.83. The molecule has 0 saturated heterocycles. The summed E-state index contributed by atoms with van der Waals surface area (Å²) < 4.78 is 0. The van der Waals surface area contributed by atoms with Crippen molar-refractivity contribution in [3.8, 4) is 6.07 Å². The first-order valence-corrected chi connectivity index (χ1v) is 6.05. The zero-order valence-corrected chi connectivity index (χ0v) is 10.8. The molecule has 2 aromatic carbocycles. The lowest BCUT2D eigenvalue weighted by molar-refractivity contribution is 0.994. The van der Waals surface area contributed by atoms with E-state index in [1.165, 1.54) is 0 Å². The molecule has 0 aliphatic carbocycles. The third kappa shape index (κ3) is 3.03. The highest BCUT2D eigenvalue weighted by molar-refractivity contribution is 6.30. The first-order valence-electron chi connectivity index (χ1n) is 5.67. The van der Waals surface area contributed by atoms with Crippen molar-refractivity contribution in [1.82, 2.24) is 0 Å². The van der Waals surface area contributed by atoms with Gasteiger partial charge in [0.15, 0.2) is 0 Å². The van der Waals surface area contributed by atoms with Crippen LogP contribution in [0.5, 0.6) is 0 Å². The standard InChI is InChI=1S/C15H13ClN2/c1-11-3-2-4-12(9-11)15(10-17)18-14-7-5-13(16)6-8-14/h2-9,15,18H,1H3. The summed E-state index contributed by atoms with van der Waals surface area (Å²) in [6.07, 6.45) is 0. The van der Waals surface area contributed by atoms with Crippen LogP contribution in [0.4, 0.5) is 5.69 Å². The van der Waals surface area contributed by atoms with Crippen molar-refractivity contribution in [2.45, 2.75) is 13.0 Å². The average molecular weight is 257 g/mol. The van der Waals surface area contributed by atoms with Crippen LogP contribution >= 0.6 is 11.6 Å². The van der Waals surface area contributed by atoms with Crippen LogP contribution in [0.1, 0.15) is 17.2 Å². The van der Waals surface area contributed by atoms with E-state index in [2.05, 4.69) is 11.4 Å². The molecular weight excluding hydrogens is 244 g/mol. The van der Waals surface area contributed by atoms with Crippen molar-refractivity contribution in [2.75, 3.05) is 5.32 Å². The molecule has 1 unspecified atom stereocenters. The van der Waals surface area contributed by atoms with Crippen LogP contribution in [0, 0.1) is 18.3 Å². The van der Waals surface area contributed by atoms with E-state index in [-0.39, 0.29) is 6.04 Å². The van der Waals surface area contributed by atoms with Crippen molar-refractivity contribution < 1.29 is 0 Å². The summed E-state index contributed by atoms with van der Waals surface area (Å²) in [5.41, 5.74) is 2.99. The monoisotopic (exact) mass is 256 g/mol. The Morgan fingerprint density at radius 3 is 2.50 bits per heavy atom. The van der Waals surface area contributed by atoms with E-state index in [0.29, 0.717) is 5.02 Å². The fraction of sp³-hybridized carbons (Fsp3) is 0.133. The summed E-state index contributed by atoms with van der Waals surface area (Å²) in [7, 11) is 0. The van der Waals surface area contributed by atoms with E-state index in [9.17, 15) is 5.26 Å².